The van der Waals surface area contributed by atoms with Gasteiger partial charge in [0.15, 0.2) is 0 Å². The Morgan fingerprint density at radius 2 is 2.29 bits per heavy atom. The zero-order valence-electron chi connectivity index (χ0n) is 16.3. The molecular formula is C22H27N3O3. The van der Waals surface area contributed by atoms with E-state index in [1.54, 1.807) is 13.2 Å². The molecule has 1 fully saturated rings. The van der Waals surface area contributed by atoms with Crippen LogP contribution in [0.15, 0.2) is 43.0 Å². The smallest absolute Gasteiger partial charge is 0.237 e. The number of benzene rings is 1. The van der Waals surface area contributed by atoms with Crippen molar-refractivity contribution in [1.82, 2.24) is 15.1 Å². The lowest BCUT2D eigenvalue weighted by molar-refractivity contribution is -0.137. The number of nitrogens with zero attached hydrogens (tertiary/aromatic N) is 2. The molecule has 2 rings (SSSR count). The van der Waals surface area contributed by atoms with Crippen molar-refractivity contribution < 1.29 is 14.3 Å². The first-order chi connectivity index (χ1) is 13.6. The summed E-state index contributed by atoms with van der Waals surface area (Å²) in [6.45, 7) is 6.02. The molecule has 1 aliphatic rings. The monoisotopic (exact) mass is 381 g/mol. The molecule has 1 aliphatic heterocycles. The number of terminal acetylenes is 1. The molecule has 1 aromatic carbocycles. The minimum atomic E-state index is -0.520. The molecule has 0 saturated carbocycles. The molecule has 6 nitrogen and oxygen atoms in total. The van der Waals surface area contributed by atoms with Crippen molar-refractivity contribution in [2.75, 3.05) is 39.8 Å². The fraction of sp³-hybridized carbons (Fsp3) is 0.364. The maximum atomic E-state index is 12.6. The van der Waals surface area contributed by atoms with Crippen LogP contribution in [-0.2, 0) is 9.59 Å². The quantitative estimate of drug-likeness (QED) is 0.521. The van der Waals surface area contributed by atoms with Crippen LogP contribution in [0.1, 0.15) is 12.0 Å². The molecule has 0 spiro atoms. The number of ether oxygens (including phenoxy) is 1. The number of para-hydroxylation sites is 1. The molecule has 0 radical (unpaired) electrons. The van der Waals surface area contributed by atoms with Gasteiger partial charge in [0.25, 0.3) is 0 Å². The zero-order chi connectivity index (χ0) is 20.4. The highest BCUT2D eigenvalue weighted by atomic mass is 16.5. The third kappa shape index (κ3) is 5.73. The van der Waals surface area contributed by atoms with E-state index in [9.17, 15) is 9.59 Å². The van der Waals surface area contributed by atoms with Crippen molar-refractivity contribution in [3.8, 4) is 18.1 Å². The normalized spacial score (nSPS) is 17.0. The van der Waals surface area contributed by atoms with Crippen LogP contribution in [0, 0.1) is 12.3 Å². The molecule has 1 aromatic rings. The van der Waals surface area contributed by atoms with Crippen LogP contribution in [0.3, 0.4) is 0 Å². The van der Waals surface area contributed by atoms with Crippen LogP contribution < -0.4 is 10.1 Å². The van der Waals surface area contributed by atoms with Gasteiger partial charge < -0.3 is 15.0 Å². The maximum Gasteiger partial charge on any atom is 0.237 e. The van der Waals surface area contributed by atoms with E-state index >= 15 is 0 Å². The standard InChI is InChI=1S/C22H27N3O3/c1-4-13-25(14-5-2)21(26)17-19-22(27)23-12-16-24(19)15-8-10-18-9-6-7-11-20(18)28-3/h1,5-11,19H,2,12-17H2,3H3,(H,23,27). The largest absolute Gasteiger partial charge is 0.496 e. The molecule has 1 atom stereocenters. The lowest BCUT2D eigenvalue weighted by atomic mass is 10.1. The van der Waals surface area contributed by atoms with Crippen molar-refractivity contribution in [2.45, 2.75) is 12.5 Å². The fourth-order valence-electron chi connectivity index (χ4n) is 3.14. The highest BCUT2D eigenvalue weighted by molar-refractivity contribution is 5.89. The van der Waals surface area contributed by atoms with Crippen molar-refractivity contribution in [3.05, 3.63) is 48.6 Å². The predicted octanol–water partition coefficient (Wildman–Crippen LogP) is 1.55. The molecule has 1 saturated heterocycles. The van der Waals surface area contributed by atoms with Crippen LogP contribution in [0.5, 0.6) is 5.75 Å². The summed E-state index contributed by atoms with van der Waals surface area (Å²) < 4.78 is 5.35. The molecule has 0 aliphatic carbocycles. The second-order valence-electron chi connectivity index (χ2n) is 6.42. The molecule has 2 amide bonds. The SMILES string of the molecule is C#CCN(CC=C)C(=O)CC1C(=O)NCCN1CC=Cc1ccccc1OC. The van der Waals surface area contributed by atoms with E-state index in [0.29, 0.717) is 26.2 Å². The third-order valence-electron chi connectivity index (χ3n) is 4.57. The topological polar surface area (TPSA) is 61.9 Å². The number of hydrogen-bond acceptors (Lipinski definition) is 4. The van der Waals surface area contributed by atoms with Crippen molar-refractivity contribution >= 4 is 17.9 Å². The van der Waals surface area contributed by atoms with E-state index in [4.69, 9.17) is 11.2 Å². The number of carbonyl (C=O) groups is 2. The number of rotatable bonds is 9. The van der Waals surface area contributed by atoms with Crippen molar-refractivity contribution in [2.24, 2.45) is 0 Å². The summed E-state index contributed by atoms with van der Waals surface area (Å²) in [6, 6.07) is 7.20. The average molecular weight is 381 g/mol. The van der Waals surface area contributed by atoms with E-state index in [-0.39, 0.29) is 24.8 Å². The summed E-state index contributed by atoms with van der Waals surface area (Å²) in [5, 5.41) is 2.84. The predicted molar refractivity (Wildman–Crippen MR) is 111 cm³/mol. The average Bonchev–Trinajstić information content (AvgIpc) is 2.70. The summed E-state index contributed by atoms with van der Waals surface area (Å²) in [5.41, 5.74) is 0.963. The molecule has 1 heterocycles. The number of piperazine rings is 1. The fourth-order valence-corrected chi connectivity index (χ4v) is 3.14. The number of methoxy groups -OCH3 is 1. The maximum absolute atomic E-state index is 12.6. The molecule has 1 unspecified atom stereocenters. The Hall–Kier alpha value is -3.04. The number of amides is 2. The second-order valence-corrected chi connectivity index (χ2v) is 6.42. The third-order valence-corrected chi connectivity index (χ3v) is 4.57. The molecule has 0 bridgehead atoms. The Labute approximate surface area is 166 Å². The van der Waals surface area contributed by atoms with E-state index in [1.165, 1.54) is 4.90 Å². The lowest BCUT2D eigenvalue weighted by Gasteiger charge is -2.34. The highest BCUT2D eigenvalue weighted by Crippen LogP contribution is 2.19. The van der Waals surface area contributed by atoms with E-state index in [0.717, 1.165) is 11.3 Å². The van der Waals surface area contributed by atoms with Gasteiger partial charge in [-0.2, -0.15) is 0 Å². The van der Waals surface area contributed by atoms with Crippen molar-refractivity contribution in [3.63, 3.8) is 0 Å². The Morgan fingerprint density at radius 3 is 3.00 bits per heavy atom. The molecule has 1 N–H and O–H groups in total. The van der Waals surface area contributed by atoms with Crippen LogP contribution >= 0.6 is 0 Å². The van der Waals surface area contributed by atoms with Gasteiger partial charge in [-0.3, -0.25) is 14.5 Å². The van der Waals surface area contributed by atoms with E-state index in [1.807, 2.05) is 41.3 Å². The molecular weight excluding hydrogens is 354 g/mol. The molecule has 28 heavy (non-hydrogen) atoms. The van der Waals surface area contributed by atoms with Gasteiger partial charge in [0, 0.05) is 31.7 Å². The van der Waals surface area contributed by atoms with Crippen LogP contribution in [-0.4, -0.2) is 67.5 Å². The van der Waals surface area contributed by atoms with Gasteiger partial charge in [0.2, 0.25) is 11.8 Å². The second kappa shape index (κ2) is 11.0. The van der Waals surface area contributed by atoms with Crippen LogP contribution in [0.4, 0.5) is 0 Å². The summed E-state index contributed by atoms with van der Waals surface area (Å²) in [6.07, 6.45) is 11.0. The summed E-state index contributed by atoms with van der Waals surface area (Å²) >= 11 is 0. The Bertz CT molecular complexity index is 767. The van der Waals surface area contributed by atoms with Gasteiger partial charge in [0.1, 0.15) is 5.75 Å². The minimum Gasteiger partial charge on any atom is -0.496 e. The Balaban J connectivity index is 2.06. The van der Waals surface area contributed by atoms with Gasteiger partial charge in [-0.05, 0) is 6.07 Å². The first-order valence-electron chi connectivity index (χ1n) is 9.24. The summed E-state index contributed by atoms with van der Waals surface area (Å²) in [7, 11) is 1.63. The van der Waals surface area contributed by atoms with E-state index in [2.05, 4.69) is 17.8 Å². The lowest BCUT2D eigenvalue weighted by Crippen LogP contribution is -2.56. The van der Waals surface area contributed by atoms with Crippen LogP contribution in [0.25, 0.3) is 6.08 Å². The zero-order valence-corrected chi connectivity index (χ0v) is 16.3. The van der Waals surface area contributed by atoms with Gasteiger partial charge in [-0.15, -0.1) is 13.0 Å². The number of hydrogen-bond donors (Lipinski definition) is 1. The van der Waals surface area contributed by atoms with Crippen molar-refractivity contribution in [1.29, 1.82) is 0 Å². The Kier molecular flexibility index (Phi) is 8.32. The minimum absolute atomic E-state index is 0.0872. The van der Waals surface area contributed by atoms with E-state index < -0.39 is 6.04 Å². The van der Waals surface area contributed by atoms with Gasteiger partial charge in [0.05, 0.1) is 26.1 Å². The van der Waals surface area contributed by atoms with Crippen LogP contribution in [0.2, 0.25) is 0 Å². The molecule has 0 aromatic heterocycles. The highest BCUT2D eigenvalue weighted by Gasteiger charge is 2.32. The number of carbonyl (C=O) groups excluding carboxylic acids is 2. The summed E-state index contributed by atoms with van der Waals surface area (Å²) in [4.78, 5) is 28.5. The van der Waals surface area contributed by atoms with Gasteiger partial charge in [-0.1, -0.05) is 42.3 Å². The molecule has 148 valence electrons. The Morgan fingerprint density at radius 1 is 1.50 bits per heavy atom. The number of nitrogens with one attached hydrogen (secondary N) is 1. The first kappa shape index (κ1) is 21.3. The van der Waals surface area contributed by atoms with Gasteiger partial charge in [-0.25, -0.2) is 0 Å². The molecule has 6 heteroatoms. The summed E-state index contributed by atoms with van der Waals surface area (Å²) in [5.74, 6) is 2.98. The van der Waals surface area contributed by atoms with Gasteiger partial charge >= 0.3 is 0 Å². The first-order valence-corrected chi connectivity index (χ1v) is 9.24.